The first-order valence-electron chi connectivity index (χ1n) is 4.68. The van der Waals surface area contributed by atoms with Crippen LogP contribution in [0.5, 0.6) is 0 Å². The zero-order valence-electron chi connectivity index (χ0n) is 8.90. The standard InChI is InChI=1S/C10H13BrN2O2S/c1-16-3-2-15-9(14)5-7-4-8(11)6-13-10(7)12/h4,6H,2-3,5H2,1H3,(H2,12,13). The van der Waals surface area contributed by atoms with Crippen LogP contribution < -0.4 is 5.73 Å². The number of esters is 1. The molecular weight excluding hydrogens is 292 g/mol. The third-order valence-corrected chi connectivity index (χ3v) is 2.86. The van der Waals surface area contributed by atoms with Gasteiger partial charge in [0, 0.05) is 22.0 Å². The van der Waals surface area contributed by atoms with Gasteiger partial charge in [-0.2, -0.15) is 11.8 Å². The highest BCUT2D eigenvalue weighted by Gasteiger charge is 2.09. The van der Waals surface area contributed by atoms with Crippen molar-refractivity contribution >= 4 is 39.5 Å². The van der Waals surface area contributed by atoms with Crippen molar-refractivity contribution in [2.24, 2.45) is 0 Å². The SMILES string of the molecule is CSCCOC(=O)Cc1cc(Br)cnc1N. The summed E-state index contributed by atoms with van der Waals surface area (Å²) in [5.74, 6) is 0.892. The summed E-state index contributed by atoms with van der Waals surface area (Å²) in [5.41, 5.74) is 6.33. The van der Waals surface area contributed by atoms with Gasteiger partial charge in [0.15, 0.2) is 0 Å². The number of rotatable bonds is 5. The topological polar surface area (TPSA) is 65.2 Å². The molecule has 0 bridgehead atoms. The molecule has 88 valence electrons. The highest BCUT2D eigenvalue weighted by molar-refractivity contribution is 9.10. The zero-order chi connectivity index (χ0) is 12.0. The van der Waals surface area contributed by atoms with Crippen LogP contribution in [-0.2, 0) is 16.0 Å². The van der Waals surface area contributed by atoms with Gasteiger partial charge in [-0.3, -0.25) is 4.79 Å². The summed E-state index contributed by atoms with van der Waals surface area (Å²) in [5, 5.41) is 0. The molecule has 0 aliphatic heterocycles. The number of hydrogen-bond donors (Lipinski definition) is 1. The molecule has 1 aromatic heterocycles. The molecule has 0 saturated heterocycles. The molecule has 1 rings (SSSR count). The Morgan fingerprint density at radius 3 is 3.12 bits per heavy atom. The lowest BCUT2D eigenvalue weighted by Crippen LogP contribution is -2.12. The molecule has 6 heteroatoms. The Morgan fingerprint density at radius 2 is 2.44 bits per heavy atom. The number of thioether (sulfide) groups is 1. The maximum Gasteiger partial charge on any atom is 0.310 e. The molecule has 0 aliphatic rings. The Bertz CT molecular complexity index is 374. The molecule has 0 amide bonds. The summed E-state index contributed by atoms with van der Waals surface area (Å²) in [6.07, 6.45) is 3.72. The number of nitrogens with two attached hydrogens (primary N) is 1. The third-order valence-electron chi connectivity index (χ3n) is 1.85. The zero-order valence-corrected chi connectivity index (χ0v) is 11.3. The Hall–Kier alpha value is -0.750. The molecule has 2 N–H and O–H groups in total. The lowest BCUT2D eigenvalue weighted by atomic mass is 10.2. The van der Waals surface area contributed by atoms with Crippen molar-refractivity contribution in [1.82, 2.24) is 4.98 Å². The number of nitrogen functional groups attached to an aromatic ring is 1. The number of hydrogen-bond acceptors (Lipinski definition) is 5. The molecular formula is C10H13BrN2O2S. The first kappa shape index (κ1) is 13.3. The molecule has 0 unspecified atom stereocenters. The summed E-state index contributed by atoms with van der Waals surface area (Å²) in [4.78, 5) is 15.4. The molecule has 16 heavy (non-hydrogen) atoms. The maximum atomic E-state index is 11.4. The van der Waals surface area contributed by atoms with E-state index in [1.165, 1.54) is 0 Å². The monoisotopic (exact) mass is 304 g/mol. The van der Waals surface area contributed by atoms with Gasteiger partial charge in [0.1, 0.15) is 12.4 Å². The Morgan fingerprint density at radius 1 is 1.69 bits per heavy atom. The molecule has 0 spiro atoms. The maximum absolute atomic E-state index is 11.4. The number of carbonyl (C=O) groups excluding carboxylic acids is 1. The fraction of sp³-hybridized carbons (Fsp3) is 0.400. The van der Waals surface area contributed by atoms with Crippen molar-refractivity contribution in [2.45, 2.75) is 6.42 Å². The van der Waals surface area contributed by atoms with Crippen LogP contribution in [0.3, 0.4) is 0 Å². The lowest BCUT2D eigenvalue weighted by molar-refractivity contribution is -0.142. The quantitative estimate of drug-likeness (QED) is 0.664. The van der Waals surface area contributed by atoms with E-state index in [1.54, 1.807) is 24.0 Å². The highest BCUT2D eigenvalue weighted by Crippen LogP contribution is 2.16. The summed E-state index contributed by atoms with van der Waals surface area (Å²) >= 11 is 4.91. The van der Waals surface area contributed by atoms with Crippen molar-refractivity contribution < 1.29 is 9.53 Å². The Balaban J connectivity index is 2.52. The summed E-state index contributed by atoms with van der Waals surface area (Å²) in [6.45, 7) is 0.432. The van der Waals surface area contributed by atoms with Crippen molar-refractivity contribution in [3.05, 3.63) is 22.3 Å². The first-order valence-corrected chi connectivity index (χ1v) is 6.86. The van der Waals surface area contributed by atoms with Crippen molar-refractivity contribution in [2.75, 3.05) is 24.3 Å². The van der Waals surface area contributed by atoms with E-state index in [2.05, 4.69) is 20.9 Å². The van der Waals surface area contributed by atoms with Crippen LogP contribution in [0, 0.1) is 0 Å². The van der Waals surface area contributed by atoms with E-state index in [-0.39, 0.29) is 12.4 Å². The molecule has 4 nitrogen and oxygen atoms in total. The number of anilines is 1. The number of ether oxygens (including phenoxy) is 1. The van der Waals surface area contributed by atoms with Crippen LogP contribution in [0.25, 0.3) is 0 Å². The van der Waals surface area contributed by atoms with Gasteiger partial charge in [-0.15, -0.1) is 0 Å². The number of carbonyl (C=O) groups is 1. The van der Waals surface area contributed by atoms with Crippen LogP contribution >= 0.6 is 27.7 Å². The van der Waals surface area contributed by atoms with Gasteiger partial charge in [-0.1, -0.05) is 0 Å². The van der Waals surface area contributed by atoms with Crippen molar-refractivity contribution in [3.8, 4) is 0 Å². The van der Waals surface area contributed by atoms with E-state index < -0.39 is 0 Å². The van der Waals surface area contributed by atoms with E-state index in [0.717, 1.165) is 10.2 Å². The minimum atomic E-state index is -0.277. The fourth-order valence-corrected chi connectivity index (χ4v) is 1.71. The summed E-state index contributed by atoms with van der Waals surface area (Å²) in [6, 6.07) is 1.78. The molecule has 0 fully saturated rings. The number of aromatic nitrogens is 1. The fourth-order valence-electron chi connectivity index (χ4n) is 1.08. The van der Waals surface area contributed by atoms with Gasteiger partial charge in [-0.05, 0) is 28.3 Å². The highest BCUT2D eigenvalue weighted by atomic mass is 79.9. The second-order valence-electron chi connectivity index (χ2n) is 3.09. The molecule has 0 radical (unpaired) electrons. The Labute approximate surface area is 107 Å². The van der Waals surface area contributed by atoms with Gasteiger partial charge < -0.3 is 10.5 Å². The van der Waals surface area contributed by atoms with Crippen LogP contribution in [0.1, 0.15) is 5.56 Å². The minimum absolute atomic E-state index is 0.159. The second kappa shape index (κ2) is 6.75. The van der Waals surface area contributed by atoms with Gasteiger partial charge >= 0.3 is 5.97 Å². The van der Waals surface area contributed by atoms with Crippen LogP contribution in [0.4, 0.5) is 5.82 Å². The molecule has 0 aromatic carbocycles. The smallest absolute Gasteiger partial charge is 0.310 e. The van der Waals surface area contributed by atoms with Gasteiger partial charge in [0.25, 0.3) is 0 Å². The predicted octanol–water partition coefficient (Wildman–Crippen LogP) is 1.88. The summed E-state index contributed by atoms with van der Waals surface area (Å²) in [7, 11) is 0. The molecule has 1 heterocycles. The van der Waals surface area contributed by atoms with Crippen LogP contribution in [0.15, 0.2) is 16.7 Å². The molecule has 1 aromatic rings. The van der Waals surface area contributed by atoms with E-state index in [9.17, 15) is 4.79 Å². The average Bonchev–Trinajstić information content (AvgIpc) is 2.24. The molecule has 0 aliphatic carbocycles. The van der Waals surface area contributed by atoms with E-state index in [4.69, 9.17) is 10.5 Å². The first-order chi connectivity index (χ1) is 7.63. The van der Waals surface area contributed by atoms with Crippen molar-refractivity contribution in [1.29, 1.82) is 0 Å². The predicted molar refractivity (Wildman–Crippen MR) is 69.4 cm³/mol. The average molecular weight is 305 g/mol. The van der Waals surface area contributed by atoms with E-state index >= 15 is 0 Å². The van der Waals surface area contributed by atoms with Crippen LogP contribution in [-0.4, -0.2) is 29.6 Å². The second-order valence-corrected chi connectivity index (χ2v) is 4.99. The van der Waals surface area contributed by atoms with E-state index in [0.29, 0.717) is 18.0 Å². The lowest BCUT2D eigenvalue weighted by Gasteiger charge is -2.06. The van der Waals surface area contributed by atoms with Crippen molar-refractivity contribution in [3.63, 3.8) is 0 Å². The van der Waals surface area contributed by atoms with Crippen LogP contribution in [0.2, 0.25) is 0 Å². The molecule has 0 saturated carbocycles. The third kappa shape index (κ3) is 4.40. The Kier molecular flexibility index (Phi) is 5.62. The van der Waals surface area contributed by atoms with Gasteiger partial charge in [-0.25, -0.2) is 4.98 Å². The largest absolute Gasteiger partial charge is 0.465 e. The number of nitrogens with zero attached hydrogens (tertiary/aromatic N) is 1. The molecule has 0 atom stereocenters. The minimum Gasteiger partial charge on any atom is -0.465 e. The van der Waals surface area contributed by atoms with E-state index in [1.807, 2.05) is 6.26 Å². The normalized spacial score (nSPS) is 10.1. The summed E-state index contributed by atoms with van der Waals surface area (Å²) < 4.78 is 5.82. The van der Waals surface area contributed by atoms with Gasteiger partial charge in [0.2, 0.25) is 0 Å². The number of pyridine rings is 1. The van der Waals surface area contributed by atoms with Gasteiger partial charge in [0.05, 0.1) is 6.42 Å². The number of halogens is 1.